The molecular weight excluding hydrogens is 282 g/mol. The van der Waals surface area contributed by atoms with Gasteiger partial charge in [0, 0.05) is 5.30 Å². The quantitative estimate of drug-likeness (QED) is 0.632. The topological polar surface area (TPSA) is 35.5 Å². The SMILES string of the molecule is C=CP(=O)(C=C)c1ccc(B2OC(C)(C)C(C)(C)O2)cc1. The molecular formula is C16H22BO3P. The van der Waals surface area contributed by atoms with Gasteiger partial charge in [-0.15, -0.1) is 0 Å². The van der Waals surface area contributed by atoms with Crippen molar-refractivity contribution in [3.8, 4) is 0 Å². The maximum absolute atomic E-state index is 12.5. The zero-order chi connectivity index (χ0) is 15.9. The lowest BCUT2D eigenvalue weighted by molar-refractivity contribution is 0.00578. The maximum Gasteiger partial charge on any atom is 0.494 e. The molecule has 0 N–H and O–H groups in total. The Bertz CT molecular complexity index is 576. The van der Waals surface area contributed by atoms with Gasteiger partial charge in [0.2, 0.25) is 0 Å². The molecule has 0 amide bonds. The first-order chi connectivity index (χ1) is 9.65. The first-order valence-corrected chi connectivity index (χ1v) is 8.82. The van der Waals surface area contributed by atoms with Crippen LogP contribution < -0.4 is 10.8 Å². The van der Waals surface area contributed by atoms with Crippen LogP contribution in [0.4, 0.5) is 0 Å². The lowest BCUT2D eigenvalue weighted by Gasteiger charge is -2.32. The van der Waals surface area contributed by atoms with Gasteiger partial charge in [0.05, 0.1) is 11.2 Å². The summed E-state index contributed by atoms with van der Waals surface area (Å²) in [5.74, 6) is 2.92. The van der Waals surface area contributed by atoms with Gasteiger partial charge >= 0.3 is 7.12 Å². The van der Waals surface area contributed by atoms with Crippen molar-refractivity contribution in [3.63, 3.8) is 0 Å². The molecule has 0 bridgehead atoms. The Morgan fingerprint density at radius 2 is 1.43 bits per heavy atom. The molecule has 0 spiro atoms. The highest BCUT2D eigenvalue weighted by Crippen LogP contribution is 2.46. The van der Waals surface area contributed by atoms with Gasteiger partial charge in [-0.1, -0.05) is 37.4 Å². The molecule has 1 aromatic rings. The van der Waals surface area contributed by atoms with Crippen molar-refractivity contribution in [2.24, 2.45) is 0 Å². The zero-order valence-electron chi connectivity index (χ0n) is 13.1. The molecule has 112 valence electrons. The third-order valence-corrected chi connectivity index (χ3v) is 6.55. The van der Waals surface area contributed by atoms with Gasteiger partial charge in [-0.3, -0.25) is 0 Å². The average molecular weight is 304 g/mol. The van der Waals surface area contributed by atoms with Crippen molar-refractivity contribution in [3.05, 3.63) is 49.1 Å². The Morgan fingerprint density at radius 1 is 1.00 bits per heavy atom. The summed E-state index contributed by atoms with van der Waals surface area (Å²) in [6, 6.07) is 7.42. The van der Waals surface area contributed by atoms with E-state index in [0.29, 0.717) is 5.30 Å². The molecule has 0 radical (unpaired) electrons. The Balaban J connectivity index is 2.28. The van der Waals surface area contributed by atoms with E-state index in [9.17, 15) is 4.57 Å². The highest BCUT2D eigenvalue weighted by Gasteiger charge is 2.51. The van der Waals surface area contributed by atoms with E-state index >= 15 is 0 Å². The Kier molecular flexibility index (Phi) is 4.09. The molecule has 0 atom stereocenters. The summed E-state index contributed by atoms with van der Waals surface area (Å²) in [4.78, 5) is 0. The zero-order valence-corrected chi connectivity index (χ0v) is 14.0. The third-order valence-electron chi connectivity index (χ3n) is 4.36. The van der Waals surface area contributed by atoms with E-state index < -0.39 is 14.3 Å². The van der Waals surface area contributed by atoms with E-state index in [4.69, 9.17) is 9.31 Å². The normalized spacial score (nSPS) is 20.3. The van der Waals surface area contributed by atoms with E-state index in [-0.39, 0.29) is 11.2 Å². The molecule has 2 rings (SSSR count). The Labute approximate surface area is 127 Å². The van der Waals surface area contributed by atoms with Gasteiger partial charge in [0.25, 0.3) is 0 Å². The van der Waals surface area contributed by atoms with Crippen LogP contribution in [0.1, 0.15) is 27.7 Å². The van der Waals surface area contributed by atoms with Crippen LogP contribution in [0.3, 0.4) is 0 Å². The molecule has 0 aromatic heterocycles. The summed E-state index contributed by atoms with van der Waals surface area (Å²) in [6.07, 6.45) is 0. The molecule has 1 heterocycles. The van der Waals surface area contributed by atoms with E-state index in [1.807, 2.05) is 52.0 Å². The standard InChI is InChI=1S/C16H22BO3P/c1-7-21(18,8-2)14-11-9-13(10-12-14)17-19-15(3,4)16(5,6)20-17/h7-12H,1-2H2,3-6H3. The van der Waals surface area contributed by atoms with Crippen LogP contribution in [-0.2, 0) is 13.9 Å². The van der Waals surface area contributed by atoms with E-state index in [1.54, 1.807) is 0 Å². The molecule has 1 fully saturated rings. The molecule has 3 nitrogen and oxygen atoms in total. The van der Waals surface area contributed by atoms with E-state index in [2.05, 4.69) is 13.2 Å². The van der Waals surface area contributed by atoms with Gasteiger partial charge in [-0.05, 0) is 44.8 Å². The summed E-state index contributed by atoms with van der Waals surface area (Å²) in [6.45, 7) is 15.3. The summed E-state index contributed by atoms with van der Waals surface area (Å²) in [7, 11) is -3.10. The summed E-state index contributed by atoms with van der Waals surface area (Å²) in [5, 5.41) is 0.716. The van der Waals surface area contributed by atoms with E-state index in [0.717, 1.165) is 5.46 Å². The van der Waals surface area contributed by atoms with Crippen molar-refractivity contribution < 1.29 is 13.9 Å². The molecule has 0 saturated carbocycles. The van der Waals surface area contributed by atoms with Crippen LogP contribution in [0, 0.1) is 0 Å². The molecule has 0 unspecified atom stereocenters. The Hall–Kier alpha value is -1.09. The van der Waals surface area contributed by atoms with Gasteiger partial charge < -0.3 is 13.9 Å². The van der Waals surface area contributed by atoms with Crippen LogP contribution >= 0.6 is 7.14 Å². The predicted octanol–water partition coefficient (Wildman–Crippen LogP) is 3.26. The van der Waals surface area contributed by atoms with Crippen LogP contribution in [0.25, 0.3) is 0 Å². The summed E-state index contributed by atoms with van der Waals surface area (Å²) >= 11 is 0. The minimum absolute atomic E-state index is 0.367. The first kappa shape index (κ1) is 16.3. The molecule has 1 saturated heterocycles. The van der Waals surface area contributed by atoms with Gasteiger partial charge in [0.15, 0.2) is 7.14 Å². The molecule has 21 heavy (non-hydrogen) atoms. The number of benzene rings is 1. The van der Waals surface area contributed by atoms with E-state index in [1.165, 1.54) is 11.6 Å². The van der Waals surface area contributed by atoms with Crippen molar-refractivity contribution in [1.29, 1.82) is 0 Å². The van der Waals surface area contributed by atoms with Gasteiger partial charge in [-0.2, -0.15) is 0 Å². The summed E-state index contributed by atoms with van der Waals surface area (Å²) < 4.78 is 24.5. The fraction of sp³-hybridized carbons (Fsp3) is 0.375. The second-order valence-electron chi connectivity index (χ2n) is 6.25. The number of rotatable bonds is 4. The van der Waals surface area contributed by atoms with Crippen LogP contribution in [0.15, 0.2) is 49.1 Å². The van der Waals surface area contributed by atoms with Crippen LogP contribution in [0.2, 0.25) is 0 Å². The molecule has 1 aliphatic rings. The van der Waals surface area contributed by atoms with Gasteiger partial charge in [-0.25, -0.2) is 0 Å². The largest absolute Gasteiger partial charge is 0.494 e. The fourth-order valence-electron chi connectivity index (χ4n) is 2.13. The highest BCUT2D eigenvalue weighted by atomic mass is 31.2. The minimum atomic E-state index is -2.69. The minimum Gasteiger partial charge on any atom is -0.399 e. The number of hydrogen-bond donors (Lipinski definition) is 0. The second-order valence-corrected chi connectivity index (χ2v) is 8.92. The molecule has 5 heteroatoms. The van der Waals surface area contributed by atoms with Crippen molar-refractivity contribution in [2.45, 2.75) is 38.9 Å². The predicted molar refractivity (Wildman–Crippen MR) is 89.8 cm³/mol. The smallest absolute Gasteiger partial charge is 0.399 e. The van der Waals surface area contributed by atoms with Crippen LogP contribution in [-0.4, -0.2) is 18.3 Å². The van der Waals surface area contributed by atoms with Crippen molar-refractivity contribution >= 4 is 25.0 Å². The highest BCUT2D eigenvalue weighted by molar-refractivity contribution is 7.77. The molecule has 1 aromatic carbocycles. The lowest BCUT2D eigenvalue weighted by Crippen LogP contribution is -2.41. The van der Waals surface area contributed by atoms with Gasteiger partial charge in [0.1, 0.15) is 0 Å². The summed E-state index contributed by atoms with van der Waals surface area (Å²) in [5.41, 5.74) is 0.180. The average Bonchev–Trinajstić information content (AvgIpc) is 2.67. The van der Waals surface area contributed by atoms with Crippen LogP contribution in [0.5, 0.6) is 0 Å². The number of hydrogen-bond acceptors (Lipinski definition) is 3. The third kappa shape index (κ3) is 2.81. The Morgan fingerprint density at radius 3 is 1.81 bits per heavy atom. The van der Waals surface area contributed by atoms with Crippen molar-refractivity contribution in [2.75, 3.05) is 0 Å². The molecule has 0 aliphatic carbocycles. The monoisotopic (exact) mass is 304 g/mol. The maximum atomic E-state index is 12.5. The lowest BCUT2D eigenvalue weighted by atomic mass is 9.79. The fourth-order valence-corrected chi connectivity index (χ4v) is 3.31. The second kappa shape index (κ2) is 5.28. The molecule has 1 aliphatic heterocycles. The van der Waals surface area contributed by atoms with Crippen molar-refractivity contribution in [1.82, 2.24) is 0 Å². The first-order valence-electron chi connectivity index (χ1n) is 6.98.